The monoisotopic (exact) mass is 491 g/mol. The summed E-state index contributed by atoms with van der Waals surface area (Å²) < 4.78 is 15.6. The lowest BCUT2D eigenvalue weighted by Gasteiger charge is -2.12. The van der Waals surface area contributed by atoms with Crippen LogP contribution >= 0.6 is 24.0 Å². The van der Waals surface area contributed by atoms with Crippen LogP contribution in [0.4, 0.5) is 0 Å². The summed E-state index contributed by atoms with van der Waals surface area (Å²) in [6.45, 7) is 4.09. The molecular formula is C19H30IN3O4. The molecule has 0 amide bonds. The Hall–Kier alpha value is -1.71. The zero-order chi connectivity index (χ0) is 18.6. The summed E-state index contributed by atoms with van der Waals surface area (Å²) in [7, 11) is 1.76. The van der Waals surface area contributed by atoms with Crippen LogP contribution in [0.1, 0.15) is 44.6 Å². The van der Waals surface area contributed by atoms with E-state index in [4.69, 9.17) is 14.2 Å². The van der Waals surface area contributed by atoms with E-state index >= 15 is 0 Å². The second-order valence-corrected chi connectivity index (χ2v) is 6.01. The van der Waals surface area contributed by atoms with Crippen molar-refractivity contribution < 1.29 is 19.0 Å². The van der Waals surface area contributed by atoms with Crippen LogP contribution in [0.5, 0.6) is 11.5 Å². The number of carbonyl (C=O) groups is 1. The summed E-state index contributed by atoms with van der Waals surface area (Å²) >= 11 is 0. The number of esters is 1. The summed E-state index contributed by atoms with van der Waals surface area (Å²) in [6, 6.07) is 5.91. The van der Waals surface area contributed by atoms with Gasteiger partial charge in [0, 0.05) is 26.6 Å². The maximum absolute atomic E-state index is 11.2. The normalized spacial score (nSPS) is 12.3. The highest BCUT2D eigenvalue weighted by molar-refractivity contribution is 14.0. The van der Waals surface area contributed by atoms with E-state index in [0.29, 0.717) is 19.6 Å². The number of ether oxygens (including phenoxy) is 3. The molecule has 7 nitrogen and oxygen atoms in total. The average molecular weight is 491 g/mol. The van der Waals surface area contributed by atoms with Crippen LogP contribution in [0, 0.1) is 0 Å². The molecule has 0 saturated heterocycles. The van der Waals surface area contributed by atoms with Gasteiger partial charge in [0.2, 0.25) is 6.79 Å². The van der Waals surface area contributed by atoms with Gasteiger partial charge in [-0.2, -0.15) is 0 Å². The maximum atomic E-state index is 11.2. The van der Waals surface area contributed by atoms with Crippen molar-refractivity contribution in [3.05, 3.63) is 23.8 Å². The molecule has 27 heavy (non-hydrogen) atoms. The lowest BCUT2D eigenvalue weighted by atomic mass is 10.1. The topological polar surface area (TPSA) is 81.2 Å². The third kappa shape index (κ3) is 8.68. The summed E-state index contributed by atoms with van der Waals surface area (Å²) in [5.74, 6) is 2.25. The molecule has 0 radical (unpaired) electrons. The van der Waals surface area contributed by atoms with Crippen molar-refractivity contribution in [1.29, 1.82) is 0 Å². The highest BCUT2D eigenvalue weighted by Crippen LogP contribution is 2.32. The molecule has 2 N–H and O–H groups in total. The van der Waals surface area contributed by atoms with Gasteiger partial charge in [0.05, 0.1) is 6.61 Å². The van der Waals surface area contributed by atoms with Crippen LogP contribution in [-0.2, 0) is 16.1 Å². The molecule has 0 saturated carbocycles. The minimum Gasteiger partial charge on any atom is -0.466 e. The molecule has 1 aliphatic heterocycles. The van der Waals surface area contributed by atoms with Crippen LogP contribution in [0.25, 0.3) is 0 Å². The van der Waals surface area contributed by atoms with Crippen molar-refractivity contribution >= 4 is 35.9 Å². The fourth-order valence-electron chi connectivity index (χ4n) is 2.65. The third-order valence-electron chi connectivity index (χ3n) is 4.03. The van der Waals surface area contributed by atoms with Crippen molar-refractivity contribution in [3.8, 4) is 11.5 Å². The Bertz CT molecular complexity index is 611. The van der Waals surface area contributed by atoms with Gasteiger partial charge in [-0.25, -0.2) is 0 Å². The summed E-state index contributed by atoms with van der Waals surface area (Å²) in [5.41, 5.74) is 1.11. The number of hydrogen-bond donors (Lipinski definition) is 2. The van der Waals surface area contributed by atoms with Gasteiger partial charge in [-0.15, -0.1) is 24.0 Å². The zero-order valence-electron chi connectivity index (χ0n) is 16.1. The highest BCUT2D eigenvalue weighted by Gasteiger charge is 2.13. The first kappa shape index (κ1) is 23.3. The van der Waals surface area contributed by atoms with E-state index in [1.807, 2.05) is 25.1 Å². The van der Waals surface area contributed by atoms with E-state index in [1.165, 1.54) is 0 Å². The summed E-state index contributed by atoms with van der Waals surface area (Å²) in [4.78, 5) is 15.5. The molecule has 0 atom stereocenters. The number of halogens is 1. The zero-order valence-corrected chi connectivity index (χ0v) is 18.4. The van der Waals surface area contributed by atoms with Crippen LogP contribution in [0.15, 0.2) is 23.2 Å². The van der Waals surface area contributed by atoms with E-state index in [0.717, 1.165) is 55.3 Å². The van der Waals surface area contributed by atoms with Crippen molar-refractivity contribution in [2.75, 3.05) is 27.0 Å². The molecule has 1 aromatic rings. The Morgan fingerprint density at radius 3 is 2.70 bits per heavy atom. The molecule has 0 aromatic heterocycles. The van der Waals surface area contributed by atoms with Crippen molar-refractivity contribution in [2.24, 2.45) is 4.99 Å². The SMILES string of the molecule is CCOC(=O)CCCCCCNC(=NC)NCc1ccc2c(c1)OCO2.I. The van der Waals surface area contributed by atoms with Gasteiger partial charge in [0.1, 0.15) is 0 Å². The van der Waals surface area contributed by atoms with Gasteiger partial charge in [0.25, 0.3) is 0 Å². The van der Waals surface area contributed by atoms with E-state index in [2.05, 4.69) is 15.6 Å². The predicted octanol–water partition coefficient (Wildman–Crippen LogP) is 3.21. The van der Waals surface area contributed by atoms with Crippen LogP contribution in [0.2, 0.25) is 0 Å². The minimum atomic E-state index is -0.0984. The van der Waals surface area contributed by atoms with E-state index in [-0.39, 0.29) is 36.7 Å². The number of aliphatic imine (C=N–C) groups is 1. The molecule has 0 fully saturated rings. The first-order chi connectivity index (χ1) is 12.7. The number of nitrogens with zero attached hydrogens (tertiary/aromatic N) is 1. The van der Waals surface area contributed by atoms with Gasteiger partial charge in [0.15, 0.2) is 17.5 Å². The molecule has 0 bridgehead atoms. The number of unbranched alkanes of at least 4 members (excludes halogenated alkanes) is 3. The first-order valence-corrected chi connectivity index (χ1v) is 9.21. The molecule has 152 valence electrons. The Morgan fingerprint density at radius 1 is 1.15 bits per heavy atom. The lowest BCUT2D eigenvalue weighted by molar-refractivity contribution is -0.143. The average Bonchev–Trinajstić information content (AvgIpc) is 3.11. The maximum Gasteiger partial charge on any atom is 0.305 e. The second kappa shape index (κ2) is 13.5. The number of hydrogen-bond acceptors (Lipinski definition) is 5. The van der Waals surface area contributed by atoms with E-state index in [1.54, 1.807) is 7.05 Å². The minimum absolute atomic E-state index is 0. The Labute approximate surface area is 178 Å². The molecular weight excluding hydrogens is 461 g/mol. The van der Waals surface area contributed by atoms with Gasteiger partial charge < -0.3 is 24.8 Å². The highest BCUT2D eigenvalue weighted by atomic mass is 127. The Morgan fingerprint density at radius 2 is 1.93 bits per heavy atom. The van der Waals surface area contributed by atoms with Crippen molar-refractivity contribution in [1.82, 2.24) is 10.6 Å². The number of nitrogens with one attached hydrogen (secondary N) is 2. The van der Waals surface area contributed by atoms with Gasteiger partial charge in [-0.05, 0) is 37.5 Å². The first-order valence-electron chi connectivity index (χ1n) is 9.21. The number of guanidine groups is 1. The molecule has 1 heterocycles. The van der Waals surface area contributed by atoms with E-state index in [9.17, 15) is 4.79 Å². The lowest BCUT2D eigenvalue weighted by Crippen LogP contribution is -2.37. The number of fused-ring (bicyclic) bond motifs is 1. The number of benzene rings is 1. The molecule has 0 aliphatic carbocycles. The molecule has 1 aliphatic rings. The fraction of sp³-hybridized carbons (Fsp3) is 0.579. The summed E-state index contributed by atoms with van der Waals surface area (Å²) in [6.07, 6.45) is 4.54. The van der Waals surface area contributed by atoms with Crippen LogP contribution < -0.4 is 20.1 Å². The molecule has 8 heteroatoms. The van der Waals surface area contributed by atoms with Crippen LogP contribution in [-0.4, -0.2) is 38.9 Å². The fourth-order valence-corrected chi connectivity index (χ4v) is 2.65. The largest absolute Gasteiger partial charge is 0.466 e. The predicted molar refractivity (Wildman–Crippen MR) is 116 cm³/mol. The standard InChI is InChI=1S/C19H29N3O4.HI/c1-3-24-18(23)8-6-4-5-7-11-21-19(20-2)22-13-15-9-10-16-17(12-15)26-14-25-16;/h9-10,12H,3-8,11,13-14H2,1-2H3,(H2,20,21,22);1H. The van der Waals surface area contributed by atoms with Gasteiger partial charge in [-0.3, -0.25) is 9.79 Å². The van der Waals surface area contributed by atoms with Crippen molar-refractivity contribution in [3.63, 3.8) is 0 Å². The molecule has 0 unspecified atom stereocenters. The third-order valence-corrected chi connectivity index (χ3v) is 4.03. The van der Waals surface area contributed by atoms with E-state index < -0.39 is 0 Å². The molecule has 1 aromatic carbocycles. The smallest absolute Gasteiger partial charge is 0.305 e. The van der Waals surface area contributed by atoms with Crippen LogP contribution in [0.3, 0.4) is 0 Å². The van der Waals surface area contributed by atoms with Gasteiger partial charge >= 0.3 is 5.97 Å². The summed E-state index contributed by atoms with van der Waals surface area (Å²) in [5, 5.41) is 6.59. The molecule has 2 rings (SSSR count). The van der Waals surface area contributed by atoms with Gasteiger partial charge in [-0.1, -0.05) is 18.9 Å². The molecule has 0 spiro atoms. The number of rotatable bonds is 10. The Balaban J connectivity index is 0.00000364. The quantitative estimate of drug-likeness (QED) is 0.172. The number of carbonyl (C=O) groups excluding carboxylic acids is 1. The van der Waals surface area contributed by atoms with Crippen molar-refractivity contribution in [2.45, 2.75) is 45.6 Å². The second-order valence-electron chi connectivity index (χ2n) is 6.01. The Kier molecular flexibility index (Phi) is 11.6.